The van der Waals surface area contributed by atoms with Crippen LogP contribution in [0.15, 0.2) is 12.8 Å². The summed E-state index contributed by atoms with van der Waals surface area (Å²) in [5, 5.41) is 0. The van der Waals surface area contributed by atoms with Gasteiger partial charge < -0.3 is 9.47 Å². The lowest BCUT2D eigenvalue weighted by molar-refractivity contribution is -0.348. The highest BCUT2D eigenvalue weighted by atomic mass is 19.4. The summed E-state index contributed by atoms with van der Waals surface area (Å²) in [6, 6.07) is 0. The molecule has 0 saturated heterocycles. The second kappa shape index (κ2) is 5.61. The second-order valence-electron chi connectivity index (χ2n) is 3.06. The Hall–Kier alpha value is -1.55. The van der Waals surface area contributed by atoms with Crippen LogP contribution in [0.1, 0.15) is 6.42 Å². The molecule has 0 radical (unpaired) electrons. The number of hydrogen-bond acceptors (Lipinski definition) is 3. The molecule has 19 heavy (non-hydrogen) atoms. The topological polar surface area (TPSA) is 35.5 Å². The first-order valence-electron chi connectivity index (χ1n) is 4.30. The molecule has 0 aromatic rings. The van der Waals surface area contributed by atoms with Crippen molar-refractivity contribution in [2.45, 2.75) is 30.8 Å². The molecule has 0 saturated carbocycles. The van der Waals surface area contributed by atoms with Crippen LogP contribution in [-0.2, 0) is 9.47 Å². The zero-order chi connectivity index (χ0) is 15.5. The van der Waals surface area contributed by atoms with Gasteiger partial charge in [0.05, 0.1) is 12.7 Å². The highest BCUT2D eigenvalue weighted by molar-refractivity contribution is 5.61. The van der Waals surface area contributed by atoms with E-state index < -0.39 is 37.0 Å². The Kier molecular flexibility index (Phi) is 5.15. The first-order valence-corrected chi connectivity index (χ1v) is 4.30. The summed E-state index contributed by atoms with van der Waals surface area (Å²) in [7, 11) is 0. The van der Waals surface area contributed by atoms with E-state index >= 15 is 0 Å². The Labute approximate surface area is 100 Å². The Morgan fingerprint density at radius 3 is 2.00 bits per heavy atom. The smallest absolute Gasteiger partial charge is 0.403 e. The van der Waals surface area contributed by atoms with Gasteiger partial charge in [-0.2, -0.15) is 30.7 Å². The molecule has 0 aliphatic heterocycles. The van der Waals surface area contributed by atoms with Crippen molar-refractivity contribution in [3.8, 4) is 0 Å². The molecule has 0 aromatic carbocycles. The average molecular weight is 302 g/mol. The zero-order valence-corrected chi connectivity index (χ0v) is 8.82. The largest absolute Gasteiger partial charge is 0.518 e. The molecule has 0 amide bonds. The number of carbonyl (C=O) groups is 1. The van der Waals surface area contributed by atoms with Gasteiger partial charge in [-0.05, 0) is 0 Å². The minimum atomic E-state index is -5.89. The first kappa shape index (κ1) is 17.4. The first-order chi connectivity index (χ1) is 8.33. The Morgan fingerprint density at radius 1 is 1.16 bits per heavy atom. The van der Waals surface area contributed by atoms with Gasteiger partial charge in [0.1, 0.15) is 0 Å². The average Bonchev–Trinajstić information content (AvgIpc) is 2.13. The molecule has 0 N–H and O–H groups in total. The molecule has 0 bridgehead atoms. The summed E-state index contributed by atoms with van der Waals surface area (Å²) in [5.74, 6) is -5.89. The predicted octanol–water partition coefficient (Wildman–Crippen LogP) is 3.80. The van der Waals surface area contributed by atoms with Crippen LogP contribution in [0.2, 0.25) is 0 Å². The van der Waals surface area contributed by atoms with Crippen LogP contribution >= 0.6 is 0 Å². The van der Waals surface area contributed by atoms with E-state index in [2.05, 4.69) is 16.1 Å². The Bertz CT molecular complexity index is 337. The highest BCUT2D eigenvalue weighted by Gasteiger charge is 2.67. The van der Waals surface area contributed by atoms with Gasteiger partial charge in [-0.15, -0.1) is 0 Å². The van der Waals surface area contributed by atoms with Gasteiger partial charge in [0.25, 0.3) is 0 Å². The number of rotatable bonds is 5. The van der Waals surface area contributed by atoms with Gasteiger partial charge in [0, 0.05) is 0 Å². The molecule has 0 aliphatic carbocycles. The maximum atomic E-state index is 12.7. The number of halogens is 8. The summed E-state index contributed by atoms with van der Waals surface area (Å²) in [5.41, 5.74) is 0. The molecule has 0 spiro atoms. The number of carbonyl (C=O) groups excluding carboxylic acids is 1. The Morgan fingerprint density at radius 2 is 1.63 bits per heavy atom. The molecule has 0 fully saturated rings. The van der Waals surface area contributed by atoms with Crippen molar-refractivity contribution in [2.75, 3.05) is 0 Å². The molecule has 1 unspecified atom stereocenters. The van der Waals surface area contributed by atoms with Gasteiger partial charge in [0.15, 0.2) is 6.17 Å². The van der Waals surface area contributed by atoms with Crippen molar-refractivity contribution in [2.24, 2.45) is 0 Å². The van der Waals surface area contributed by atoms with Crippen molar-refractivity contribution in [1.29, 1.82) is 0 Å². The van der Waals surface area contributed by atoms with Crippen molar-refractivity contribution in [3.05, 3.63) is 12.8 Å². The van der Waals surface area contributed by atoms with E-state index in [0.717, 1.165) is 0 Å². The molecule has 0 aliphatic rings. The van der Waals surface area contributed by atoms with Crippen LogP contribution in [0.3, 0.4) is 0 Å². The number of hydrogen-bond donors (Lipinski definition) is 0. The van der Waals surface area contributed by atoms with E-state index in [1.807, 2.05) is 0 Å². The minimum absolute atomic E-state index is 0.235. The predicted molar refractivity (Wildman–Crippen MR) is 43.2 cm³/mol. The van der Waals surface area contributed by atoms with Crippen molar-refractivity contribution < 1.29 is 49.4 Å². The maximum absolute atomic E-state index is 12.7. The van der Waals surface area contributed by atoms with E-state index in [1.54, 1.807) is 0 Å². The Balaban J connectivity index is 4.94. The SMILES string of the molecule is C=COC(=O)OC(F)(F)C(F)(F)C(F)CC(F)(F)F. The van der Waals surface area contributed by atoms with E-state index in [4.69, 9.17) is 0 Å². The van der Waals surface area contributed by atoms with Gasteiger partial charge in [-0.3, -0.25) is 0 Å². The fourth-order valence-corrected chi connectivity index (χ4v) is 0.779. The van der Waals surface area contributed by atoms with E-state index in [9.17, 15) is 39.9 Å². The van der Waals surface area contributed by atoms with Crippen LogP contribution in [0, 0.1) is 0 Å². The molecular formula is C8H6F8O3. The molecule has 0 rings (SSSR count). The number of alkyl halides is 8. The zero-order valence-electron chi connectivity index (χ0n) is 8.82. The standard InChI is InChI=1S/C8H6F8O3/c1-2-18-5(17)19-8(15,16)7(13,14)4(9)3-6(10,11)12/h2,4H,1,3H2. The third-order valence-corrected chi connectivity index (χ3v) is 1.58. The summed E-state index contributed by atoms with van der Waals surface area (Å²) in [4.78, 5) is 10.3. The summed E-state index contributed by atoms with van der Waals surface area (Å²) in [6.45, 7) is 2.70. The quantitative estimate of drug-likeness (QED) is 0.440. The fourth-order valence-electron chi connectivity index (χ4n) is 0.779. The monoisotopic (exact) mass is 302 g/mol. The maximum Gasteiger partial charge on any atom is 0.518 e. The van der Waals surface area contributed by atoms with E-state index in [0.29, 0.717) is 0 Å². The van der Waals surface area contributed by atoms with Gasteiger partial charge in [-0.25, -0.2) is 9.18 Å². The molecule has 11 heteroatoms. The summed E-state index contributed by atoms with van der Waals surface area (Å²) in [6.07, 6.45) is -20.6. The van der Waals surface area contributed by atoms with E-state index in [1.165, 1.54) is 0 Å². The third kappa shape index (κ3) is 4.91. The van der Waals surface area contributed by atoms with Crippen LogP contribution in [0.4, 0.5) is 39.9 Å². The molecule has 1 atom stereocenters. The highest BCUT2D eigenvalue weighted by Crippen LogP contribution is 2.43. The lowest BCUT2D eigenvalue weighted by atomic mass is 10.1. The normalized spacial score (nSPS) is 14.7. The summed E-state index contributed by atoms with van der Waals surface area (Å²) >= 11 is 0. The van der Waals surface area contributed by atoms with Crippen LogP contribution in [0.5, 0.6) is 0 Å². The van der Waals surface area contributed by atoms with Crippen LogP contribution in [0.25, 0.3) is 0 Å². The lowest BCUT2D eigenvalue weighted by Gasteiger charge is -2.27. The van der Waals surface area contributed by atoms with Gasteiger partial charge in [0.2, 0.25) is 0 Å². The van der Waals surface area contributed by atoms with Crippen LogP contribution in [-0.4, -0.2) is 30.5 Å². The molecule has 0 aromatic heterocycles. The van der Waals surface area contributed by atoms with Gasteiger partial charge >= 0.3 is 24.4 Å². The van der Waals surface area contributed by atoms with E-state index in [-0.39, 0.29) is 6.26 Å². The molecule has 0 heterocycles. The van der Waals surface area contributed by atoms with Crippen molar-refractivity contribution in [1.82, 2.24) is 0 Å². The fraction of sp³-hybridized carbons (Fsp3) is 0.625. The molecule has 3 nitrogen and oxygen atoms in total. The third-order valence-electron chi connectivity index (χ3n) is 1.58. The van der Waals surface area contributed by atoms with Crippen molar-refractivity contribution in [3.63, 3.8) is 0 Å². The lowest BCUT2D eigenvalue weighted by Crippen LogP contribution is -2.51. The second-order valence-corrected chi connectivity index (χ2v) is 3.06. The van der Waals surface area contributed by atoms with Gasteiger partial charge in [-0.1, -0.05) is 6.58 Å². The minimum Gasteiger partial charge on any atom is -0.403 e. The molecular weight excluding hydrogens is 296 g/mol. The van der Waals surface area contributed by atoms with Crippen molar-refractivity contribution >= 4 is 6.16 Å². The molecule has 112 valence electrons. The van der Waals surface area contributed by atoms with Crippen LogP contribution < -0.4 is 0 Å². The number of ether oxygens (including phenoxy) is 2. The summed E-state index contributed by atoms with van der Waals surface area (Å²) < 4.78 is 105.